The van der Waals surface area contributed by atoms with Crippen LogP contribution in [0.3, 0.4) is 0 Å². The number of hydrogen-bond acceptors (Lipinski definition) is 8. The highest BCUT2D eigenvalue weighted by Gasteiger charge is 2.28. The summed E-state index contributed by atoms with van der Waals surface area (Å²) in [5, 5.41) is 12.0. The molecular formula is C25H32ClN7O. The maximum absolute atomic E-state index is 6.21. The smallest absolute Gasteiger partial charge is 0.222 e. The van der Waals surface area contributed by atoms with Crippen LogP contribution in [0.2, 0.25) is 5.15 Å². The fraction of sp³-hybridized carbons (Fsp3) is 0.520. The van der Waals surface area contributed by atoms with E-state index in [1.165, 1.54) is 0 Å². The Labute approximate surface area is 205 Å². The van der Waals surface area contributed by atoms with Crippen LogP contribution in [0.4, 0.5) is 11.8 Å². The minimum Gasteiger partial charge on any atom is -0.381 e. The Bertz CT molecular complexity index is 1080. The SMILES string of the molecule is COC1CC(NCc2cnc(NC[C@H]3CC[C@H](Nc4ccc5ccnc(Cl)c5n4)CC3)nc2)C1. The predicted octanol–water partition coefficient (Wildman–Crippen LogP) is 4.42. The zero-order valence-electron chi connectivity index (χ0n) is 19.5. The van der Waals surface area contributed by atoms with Crippen molar-refractivity contribution in [3.8, 4) is 0 Å². The number of nitrogens with one attached hydrogen (secondary N) is 3. The second-order valence-electron chi connectivity index (χ2n) is 9.43. The summed E-state index contributed by atoms with van der Waals surface area (Å²) in [7, 11) is 1.78. The Kier molecular flexibility index (Phi) is 7.37. The van der Waals surface area contributed by atoms with Gasteiger partial charge in [-0.2, -0.15) is 0 Å². The number of pyridine rings is 2. The molecule has 0 atom stereocenters. The van der Waals surface area contributed by atoms with E-state index in [1.54, 1.807) is 13.3 Å². The summed E-state index contributed by atoms with van der Waals surface area (Å²) in [6.07, 6.45) is 12.7. The van der Waals surface area contributed by atoms with Crippen molar-refractivity contribution in [2.75, 3.05) is 24.3 Å². The fourth-order valence-electron chi connectivity index (χ4n) is 4.77. The molecule has 0 unspecified atom stereocenters. The van der Waals surface area contributed by atoms with Crippen LogP contribution in [-0.2, 0) is 11.3 Å². The molecule has 0 radical (unpaired) electrons. The third kappa shape index (κ3) is 5.74. The monoisotopic (exact) mass is 481 g/mol. The van der Waals surface area contributed by atoms with Crippen LogP contribution in [0.1, 0.15) is 44.1 Å². The van der Waals surface area contributed by atoms with Crippen molar-refractivity contribution in [2.24, 2.45) is 5.92 Å². The average Bonchev–Trinajstić information content (AvgIpc) is 2.84. The van der Waals surface area contributed by atoms with Gasteiger partial charge in [-0.25, -0.2) is 19.9 Å². The van der Waals surface area contributed by atoms with Gasteiger partial charge in [0.25, 0.3) is 0 Å². The third-order valence-electron chi connectivity index (χ3n) is 7.04. The molecule has 0 spiro atoms. The molecule has 9 heteroatoms. The molecule has 2 aliphatic rings. The van der Waals surface area contributed by atoms with E-state index < -0.39 is 0 Å². The zero-order chi connectivity index (χ0) is 23.3. The number of hydrogen-bond donors (Lipinski definition) is 3. The highest BCUT2D eigenvalue weighted by molar-refractivity contribution is 6.33. The number of anilines is 2. The van der Waals surface area contributed by atoms with Crippen LogP contribution >= 0.6 is 11.6 Å². The highest BCUT2D eigenvalue weighted by Crippen LogP contribution is 2.28. The Morgan fingerprint density at radius 2 is 1.79 bits per heavy atom. The quantitative estimate of drug-likeness (QED) is 0.386. The summed E-state index contributed by atoms with van der Waals surface area (Å²) in [6, 6.07) is 6.95. The van der Waals surface area contributed by atoms with Crippen molar-refractivity contribution in [3.05, 3.63) is 47.5 Å². The van der Waals surface area contributed by atoms with E-state index in [0.717, 1.165) is 73.9 Å². The minimum atomic E-state index is 0.415. The largest absolute Gasteiger partial charge is 0.381 e. The van der Waals surface area contributed by atoms with E-state index >= 15 is 0 Å². The van der Waals surface area contributed by atoms with Crippen LogP contribution in [0, 0.1) is 5.92 Å². The molecule has 180 valence electrons. The molecule has 5 rings (SSSR count). The van der Waals surface area contributed by atoms with Crippen LogP contribution in [0.15, 0.2) is 36.8 Å². The van der Waals surface area contributed by atoms with Gasteiger partial charge < -0.3 is 20.7 Å². The van der Waals surface area contributed by atoms with Gasteiger partial charge in [-0.3, -0.25) is 0 Å². The molecule has 8 nitrogen and oxygen atoms in total. The number of fused-ring (bicyclic) bond motifs is 1. The van der Waals surface area contributed by atoms with Gasteiger partial charge in [-0.05, 0) is 62.6 Å². The Morgan fingerprint density at radius 3 is 2.56 bits per heavy atom. The van der Waals surface area contributed by atoms with Gasteiger partial charge in [-0.15, -0.1) is 0 Å². The highest BCUT2D eigenvalue weighted by atomic mass is 35.5. The maximum Gasteiger partial charge on any atom is 0.222 e. The Morgan fingerprint density at radius 1 is 1.00 bits per heavy atom. The maximum atomic E-state index is 6.21. The molecule has 0 amide bonds. The van der Waals surface area contributed by atoms with Crippen molar-refractivity contribution in [1.29, 1.82) is 0 Å². The number of rotatable bonds is 9. The normalized spacial score (nSPS) is 24.5. The standard InChI is InChI=1S/C25H32ClN7O/c1-34-21-10-20(11-21)28-13-17-14-30-25(31-15-17)29-12-16-2-5-19(6-3-16)32-22-7-4-18-8-9-27-24(26)23(18)33-22/h4,7-9,14-16,19-21,28H,2-3,5-6,10-13H2,1H3,(H,32,33)(H,29,30,31)/t16-,19-,20?,21?. The first kappa shape index (κ1) is 23.2. The fourth-order valence-corrected chi connectivity index (χ4v) is 4.98. The van der Waals surface area contributed by atoms with Crippen LogP contribution < -0.4 is 16.0 Å². The summed E-state index contributed by atoms with van der Waals surface area (Å²) in [6.45, 7) is 1.70. The molecule has 2 fully saturated rings. The summed E-state index contributed by atoms with van der Waals surface area (Å²) in [4.78, 5) is 17.8. The zero-order valence-corrected chi connectivity index (χ0v) is 20.3. The average molecular weight is 482 g/mol. The van der Waals surface area contributed by atoms with Gasteiger partial charge in [0.1, 0.15) is 11.3 Å². The predicted molar refractivity (Wildman–Crippen MR) is 135 cm³/mol. The Hall–Kier alpha value is -2.55. The lowest BCUT2D eigenvalue weighted by molar-refractivity contribution is 0.0170. The summed E-state index contributed by atoms with van der Waals surface area (Å²) < 4.78 is 5.33. The van der Waals surface area contributed by atoms with E-state index in [0.29, 0.717) is 35.2 Å². The third-order valence-corrected chi connectivity index (χ3v) is 7.32. The molecule has 3 heterocycles. The summed E-state index contributed by atoms with van der Waals surface area (Å²) in [5.41, 5.74) is 1.86. The van der Waals surface area contributed by atoms with Gasteiger partial charge >= 0.3 is 0 Å². The van der Waals surface area contributed by atoms with Crippen molar-refractivity contribution in [3.63, 3.8) is 0 Å². The molecular weight excluding hydrogens is 450 g/mol. The van der Waals surface area contributed by atoms with E-state index in [9.17, 15) is 0 Å². The topological polar surface area (TPSA) is 96.9 Å². The van der Waals surface area contributed by atoms with E-state index in [-0.39, 0.29) is 0 Å². The molecule has 3 N–H and O–H groups in total. The van der Waals surface area contributed by atoms with Crippen LogP contribution in [0.25, 0.3) is 10.9 Å². The van der Waals surface area contributed by atoms with Gasteiger partial charge in [-0.1, -0.05) is 11.6 Å². The van der Waals surface area contributed by atoms with Crippen LogP contribution in [-0.4, -0.2) is 51.8 Å². The second-order valence-corrected chi connectivity index (χ2v) is 9.79. The molecule has 0 aromatic carbocycles. The first-order valence-corrected chi connectivity index (χ1v) is 12.5. The first-order chi connectivity index (χ1) is 16.7. The molecule has 3 aromatic heterocycles. The van der Waals surface area contributed by atoms with Gasteiger partial charge in [0.05, 0.1) is 6.10 Å². The first-order valence-electron chi connectivity index (χ1n) is 12.1. The van der Waals surface area contributed by atoms with E-state index in [2.05, 4.69) is 35.9 Å². The molecule has 2 saturated carbocycles. The Balaban J connectivity index is 1.03. The lowest BCUT2D eigenvalue weighted by atomic mass is 9.86. The van der Waals surface area contributed by atoms with Crippen molar-refractivity contribution in [2.45, 2.75) is 63.3 Å². The lowest BCUT2D eigenvalue weighted by Gasteiger charge is -2.34. The van der Waals surface area contributed by atoms with E-state index in [4.69, 9.17) is 16.3 Å². The molecule has 0 aliphatic heterocycles. The molecule has 34 heavy (non-hydrogen) atoms. The van der Waals surface area contributed by atoms with Crippen molar-refractivity contribution in [1.82, 2.24) is 25.3 Å². The van der Waals surface area contributed by atoms with Gasteiger partial charge in [0, 0.05) is 61.8 Å². The summed E-state index contributed by atoms with van der Waals surface area (Å²) in [5.74, 6) is 2.19. The molecule has 2 aliphatic carbocycles. The molecule has 0 bridgehead atoms. The van der Waals surface area contributed by atoms with Gasteiger partial charge in [0.15, 0.2) is 5.15 Å². The minimum absolute atomic E-state index is 0.415. The number of aromatic nitrogens is 4. The number of ether oxygens (including phenoxy) is 1. The van der Waals surface area contributed by atoms with E-state index in [1.807, 2.05) is 30.6 Å². The second kappa shape index (κ2) is 10.8. The van der Waals surface area contributed by atoms with Crippen LogP contribution in [0.5, 0.6) is 0 Å². The lowest BCUT2D eigenvalue weighted by Crippen LogP contribution is -2.44. The van der Waals surface area contributed by atoms with Crippen molar-refractivity contribution >= 4 is 34.3 Å². The van der Waals surface area contributed by atoms with Crippen molar-refractivity contribution < 1.29 is 4.74 Å². The van der Waals surface area contributed by atoms with Gasteiger partial charge in [0.2, 0.25) is 5.95 Å². The molecule has 3 aromatic rings. The summed E-state index contributed by atoms with van der Waals surface area (Å²) >= 11 is 6.21. The number of methoxy groups -OCH3 is 1. The number of halogens is 1. The number of nitrogens with zero attached hydrogens (tertiary/aromatic N) is 4. The molecule has 0 saturated heterocycles.